The zero-order chi connectivity index (χ0) is 101. The Balaban J connectivity index is 0.000000118. The van der Waals surface area contributed by atoms with Gasteiger partial charge in [0.05, 0.1) is 84.3 Å². The van der Waals surface area contributed by atoms with Gasteiger partial charge in [0.15, 0.2) is 23.3 Å². The summed E-state index contributed by atoms with van der Waals surface area (Å²) >= 11 is 0. The summed E-state index contributed by atoms with van der Waals surface area (Å²) in [7, 11) is 0. The van der Waals surface area contributed by atoms with Gasteiger partial charge in [-0.15, -0.1) is 0 Å². The number of hydrogen-bond donors (Lipinski definition) is 6. The van der Waals surface area contributed by atoms with Crippen LogP contribution in [0, 0.1) is 86.6 Å². The molecule has 5 fully saturated rings. The highest BCUT2D eigenvalue weighted by molar-refractivity contribution is 6.06. The fourth-order valence-corrected chi connectivity index (χ4v) is 19.7. The summed E-state index contributed by atoms with van der Waals surface area (Å²) in [4.78, 5) is 115. The van der Waals surface area contributed by atoms with E-state index in [1.54, 1.807) is 68.2 Å². The van der Waals surface area contributed by atoms with Gasteiger partial charge < -0.3 is 36.6 Å². The Bertz CT molecular complexity index is 6670. The summed E-state index contributed by atoms with van der Waals surface area (Å²) in [6.07, 6.45) is 36.8. The fourth-order valence-electron chi connectivity index (χ4n) is 19.7. The third-order valence-corrected chi connectivity index (χ3v) is 28.6. The molecule has 0 radical (unpaired) electrons. The van der Waals surface area contributed by atoms with E-state index < -0.39 is 93.6 Å². The summed E-state index contributed by atoms with van der Waals surface area (Å²) < 4.78 is 127. The number of pyridine rings is 2. The number of aryl methyl sites for hydroxylation is 1. The van der Waals surface area contributed by atoms with Gasteiger partial charge in [0, 0.05) is 35.4 Å². The van der Waals surface area contributed by atoms with Crippen LogP contribution in [0.15, 0.2) is 205 Å². The molecule has 6 amide bonds. The first-order chi connectivity index (χ1) is 68.2. The standard InChI is InChI=1S/C21H14F4N2O2.2C19H17F2N3O.C19H18FN3O.C17H22N2O.C16H21N3O/c1-11-7-17-13(9-21(24,25)29-17)8-14(11)12-5-6-18(26-10-12)27-20(28)19-15(22)3-2-4-16(19)23;2*1-11-7-19(5-6-19)8-12(11)15-9-23-16(10-22-15)24-18(25)17-13(20)3-2-4-14(17)21;1-12-8-19(6-7-19)9-14(12)16-10-22-17(11-21-16)23-18(24)13-4-2-3-5-15(13)20;1-11(2)16(20)19-15-5-4-13(10-18-15)14-9-17(6-7-17)8-12(14)3;1-10(2)15(20)19-14-9-17-13(8-18-14)12-7-16(4-5-16)6-11(12)3/h2-8,10H,9H2,1H3,(H,26,27,28);2*2-4,9-10H,5-8H2,1H3,(H,23,24,25);2-5,10-11H,6-9H2,1H3,(H,22,23,24);4-5,10-11H,6-9H2,1-3H3,(H,18,19,20);8-10H,4-7H2,1-3H3,(H,18,19,20). The van der Waals surface area contributed by atoms with Gasteiger partial charge in [0.25, 0.3) is 23.6 Å². The molecule has 6 N–H and O–H groups in total. The molecule has 11 aromatic rings. The SMILES string of the molecule is CC1=C(c2ccc(NC(=O)C(C)C)nc2)CC2(CC2)C1.CC1=C(c2cnc(NC(=O)C(C)C)cn2)CC2(CC2)C1.CC1=C(c2cnc(NC(=O)c3c(F)cccc3F)cn2)CC2(CC2)C1.CC1=C(c2cnc(NC(=O)c3c(F)cccc3F)cn2)CC2(CC2)C1.CC1=C(c2cnc(NC(=O)c3ccccc3F)cn2)CC2(CC2)C1.Cc1cc2c(cc1-c1ccc(NC(=O)c3c(F)cccc3F)nc1)CC(F)(F)O2. The lowest BCUT2D eigenvalue weighted by molar-refractivity contribution is -0.159. The molecule has 0 atom stereocenters. The van der Waals surface area contributed by atoms with Gasteiger partial charge >= 0.3 is 6.11 Å². The third kappa shape index (κ3) is 23.6. The van der Waals surface area contributed by atoms with E-state index in [4.69, 9.17) is 0 Å². The summed E-state index contributed by atoms with van der Waals surface area (Å²) in [5.41, 5.74) is 21.3. The van der Waals surface area contributed by atoms with Gasteiger partial charge in [-0.2, -0.15) is 8.78 Å². The van der Waals surface area contributed by atoms with Crippen molar-refractivity contribution >= 4 is 98.2 Å². The van der Waals surface area contributed by atoms with Crippen LogP contribution in [0.25, 0.3) is 39.0 Å². The molecular formula is C111H109F9N16O7. The van der Waals surface area contributed by atoms with Crippen LogP contribution < -0.4 is 36.6 Å². The van der Waals surface area contributed by atoms with E-state index in [1.807, 2.05) is 40.0 Å². The number of nitrogens with zero attached hydrogens (tertiary/aromatic N) is 10. The molecule has 738 valence electrons. The predicted molar refractivity (Wildman–Crippen MR) is 528 cm³/mol. The molecule has 23 nitrogen and oxygen atoms in total. The lowest BCUT2D eigenvalue weighted by Gasteiger charge is -2.10. The number of hydrogen-bond acceptors (Lipinski definition) is 17. The van der Waals surface area contributed by atoms with Crippen LogP contribution in [0.5, 0.6) is 5.75 Å². The minimum absolute atomic E-state index is 0.00611. The molecule has 143 heavy (non-hydrogen) atoms. The Hall–Kier alpha value is -14.6. The highest BCUT2D eigenvalue weighted by atomic mass is 19.3. The number of benzene rings is 5. The van der Waals surface area contributed by atoms with Gasteiger partial charge in [-0.1, -0.05) is 85.9 Å². The second-order valence-electron chi connectivity index (χ2n) is 40.6. The first-order valence-electron chi connectivity index (χ1n) is 48.0. The number of carbonyl (C=O) groups excluding carboxylic acids is 6. The fraction of sp³-hybridized carbons (Fsp3) is 0.351. The van der Waals surface area contributed by atoms with Crippen molar-refractivity contribution in [3.8, 4) is 16.9 Å². The Morgan fingerprint density at radius 1 is 0.301 bits per heavy atom. The average molecular weight is 1950 g/mol. The Morgan fingerprint density at radius 2 is 0.594 bits per heavy atom. The van der Waals surface area contributed by atoms with Gasteiger partial charge in [-0.25, -0.2) is 60.6 Å². The molecule has 0 unspecified atom stereocenters. The molecule has 0 saturated heterocycles. The molecule has 11 aliphatic rings. The highest BCUT2D eigenvalue weighted by Gasteiger charge is 2.52. The van der Waals surface area contributed by atoms with Crippen LogP contribution in [0.4, 0.5) is 74.4 Å². The number of halogens is 9. The number of nitrogens with one attached hydrogen (secondary N) is 6. The summed E-state index contributed by atoms with van der Waals surface area (Å²) in [5, 5.41) is 15.3. The van der Waals surface area contributed by atoms with E-state index in [2.05, 4.69) is 127 Å². The molecule has 22 rings (SSSR count). The van der Waals surface area contributed by atoms with Crippen LogP contribution in [0.1, 0.15) is 272 Å². The molecule has 7 heterocycles. The monoisotopic (exact) mass is 1950 g/mol. The minimum Gasteiger partial charge on any atom is -0.432 e. The number of carbonyl (C=O) groups is 6. The van der Waals surface area contributed by atoms with Gasteiger partial charge in [0.1, 0.15) is 74.8 Å². The molecule has 0 bridgehead atoms. The van der Waals surface area contributed by atoms with Crippen molar-refractivity contribution in [2.45, 2.75) is 210 Å². The summed E-state index contributed by atoms with van der Waals surface area (Å²) in [5.74, 6) is -7.44. The van der Waals surface area contributed by atoms with E-state index in [-0.39, 0.29) is 52.4 Å². The van der Waals surface area contributed by atoms with Gasteiger partial charge in [0.2, 0.25) is 11.8 Å². The van der Waals surface area contributed by atoms with Crippen molar-refractivity contribution in [2.75, 3.05) is 31.9 Å². The maximum Gasteiger partial charge on any atom is 0.402 e. The van der Waals surface area contributed by atoms with Crippen LogP contribution in [0.2, 0.25) is 0 Å². The molecule has 10 aliphatic carbocycles. The van der Waals surface area contributed by atoms with Gasteiger partial charge in [-0.05, 0) is 327 Å². The van der Waals surface area contributed by atoms with Crippen molar-refractivity contribution in [3.05, 3.63) is 308 Å². The average Bonchev–Trinajstić information content (AvgIpc) is 1.61. The predicted octanol–water partition coefficient (Wildman–Crippen LogP) is 25.5. The molecule has 5 saturated carbocycles. The number of allylic oxidation sites excluding steroid dienone is 10. The van der Waals surface area contributed by atoms with Crippen LogP contribution in [-0.4, -0.2) is 91.4 Å². The zero-order valence-corrected chi connectivity index (χ0v) is 81.0. The first-order valence-corrected chi connectivity index (χ1v) is 48.0. The van der Waals surface area contributed by atoms with E-state index in [9.17, 15) is 68.3 Å². The lowest BCUT2D eigenvalue weighted by Crippen LogP contribution is -2.20. The molecule has 5 aromatic carbocycles. The Labute approximate surface area is 822 Å². The van der Waals surface area contributed by atoms with E-state index >= 15 is 0 Å². The van der Waals surface area contributed by atoms with Crippen molar-refractivity contribution in [3.63, 3.8) is 0 Å². The van der Waals surface area contributed by atoms with E-state index in [1.165, 1.54) is 200 Å². The maximum absolute atomic E-state index is 13.7. The van der Waals surface area contributed by atoms with Crippen molar-refractivity contribution in [2.24, 2.45) is 38.9 Å². The number of aromatic nitrogens is 10. The number of anilines is 6. The zero-order valence-electron chi connectivity index (χ0n) is 81.0. The van der Waals surface area contributed by atoms with Crippen molar-refractivity contribution in [1.29, 1.82) is 0 Å². The smallest absolute Gasteiger partial charge is 0.402 e. The summed E-state index contributed by atoms with van der Waals surface area (Å²) in [6.45, 7) is 20.1. The summed E-state index contributed by atoms with van der Waals surface area (Å²) in [6, 6.07) is 25.8. The topological polar surface area (TPSA) is 313 Å². The minimum atomic E-state index is -3.22. The van der Waals surface area contributed by atoms with E-state index in [0.717, 1.165) is 110 Å². The molecule has 1 aliphatic heterocycles. The number of fused-ring (bicyclic) bond motifs is 1. The van der Waals surface area contributed by atoms with Crippen molar-refractivity contribution < 1.29 is 73.0 Å². The van der Waals surface area contributed by atoms with E-state index in [0.29, 0.717) is 66.8 Å². The largest absolute Gasteiger partial charge is 0.432 e. The Kier molecular flexibility index (Phi) is 28.5. The number of alkyl halides is 2. The number of ether oxygens (including phenoxy) is 1. The van der Waals surface area contributed by atoms with Crippen LogP contribution in [0.3, 0.4) is 0 Å². The molecule has 32 heteroatoms. The molecule has 5 spiro atoms. The second-order valence-corrected chi connectivity index (χ2v) is 40.6. The second kappa shape index (κ2) is 40.8. The van der Waals surface area contributed by atoms with Crippen LogP contribution in [-0.2, 0) is 16.0 Å². The first kappa shape index (κ1) is 100.0. The van der Waals surface area contributed by atoms with Crippen molar-refractivity contribution in [1.82, 2.24) is 49.8 Å². The lowest BCUT2D eigenvalue weighted by atomic mass is 9.98. The number of rotatable bonds is 18. The quantitative estimate of drug-likeness (QED) is 0.0435. The maximum atomic E-state index is 13.7. The van der Waals surface area contributed by atoms with Gasteiger partial charge in [-0.3, -0.25) is 48.7 Å². The number of amides is 6. The highest BCUT2D eigenvalue weighted by Crippen LogP contribution is 2.65. The molecule has 6 aromatic heterocycles. The molecular weight excluding hydrogens is 1840 g/mol. The van der Waals surface area contributed by atoms with Crippen LogP contribution >= 0.6 is 0 Å². The normalized spacial score (nSPS) is 17.7. The third-order valence-electron chi connectivity index (χ3n) is 28.6. The Morgan fingerprint density at radius 3 is 0.909 bits per heavy atom.